The maximum absolute atomic E-state index is 13.5. The standard InChI is InChI=1S/C30H36N6O5S/c1-3-21-28(40)34-23(16-19-10-6-5-7-11-19)30-35-24(18-42-30)27(39)31-14-9-8-12-22(29(41)32-21)33-26(38)20-13-15-36(4-2)25(37)17-20/h5-7,10-11,13,15,17-18,21-23H,3-4,8-9,12,14,16H2,1-2H3,(H,31,39)(H,32,41)(H,33,38)(H,34,40)/t21-,22+,23+/m1/s1. The summed E-state index contributed by atoms with van der Waals surface area (Å²) in [7, 11) is 0. The molecule has 2 bridgehead atoms. The first-order valence-corrected chi connectivity index (χ1v) is 15.1. The number of carbonyl (C=O) groups is 4. The molecule has 0 radical (unpaired) electrons. The van der Waals surface area contributed by atoms with Gasteiger partial charge in [0.2, 0.25) is 11.8 Å². The summed E-state index contributed by atoms with van der Waals surface area (Å²) in [6.45, 7) is 4.45. The highest BCUT2D eigenvalue weighted by atomic mass is 32.1. The molecule has 42 heavy (non-hydrogen) atoms. The van der Waals surface area contributed by atoms with Crippen LogP contribution in [0.4, 0.5) is 0 Å². The number of aryl methyl sites for hydroxylation is 1. The Labute approximate surface area is 248 Å². The predicted octanol–water partition coefficient (Wildman–Crippen LogP) is 2.33. The predicted molar refractivity (Wildman–Crippen MR) is 159 cm³/mol. The summed E-state index contributed by atoms with van der Waals surface area (Å²) in [5.41, 5.74) is 1.09. The van der Waals surface area contributed by atoms with E-state index in [1.807, 2.05) is 37.3 Å². The minimum absolute atomic E-state index is 0.146. The zero-order valence-corrected chi connectivity index (χ0v) is 24.5. The molecule has 0 spiro atoms. The van der Waals surface area contributed by atoms with Gasteiger partial charge in [-0.1, -0.05) is 37.3 Å². The largest absolute Gasteiger partial charge is 0.351 e. The van der Waals surface area contributed by atoms with Gasteiger partial charge in [0.1, 0.15) is 22.8 Å². The van der Waals surface area contributed by atoms with Gasteiger partial charge in [0.15, 0.2) is 0 Å². The zero-order valence-electron chi connectivity index (χ0n) is 23.7. The lowest BCUT2D eigenvalue weighted by Gasteiger charge is -2.25. The van der Waals surface area contributed by atoms with Crippen molar-refractivity contribution in [3.63, 3.8) is 0 Å². The molecule has 2 aromatic heterocycles. The quantitative estimate of drug-likeness (QED) is 0.345. The minimum Gasteiger partial charge on any atom is -0.351 e. The number of hydrogen-bond donors (Lipinski definition) is 4. The smallest absolute Gasteiger partial charge is 0.270 e. The van der Waals surface area contributed by atoms with E-state index in [1.165, 1.54) is 34.2 Å². The third kappa shape index (κ3) is 7.90. The van der Waals surface area contributed by atoms with Crippen molar-refractivity contribution in [1.29, 1.82) is 0 Å². The number of nitrogens with zero attached hydrogens (tertiary/aromatic N) is 2. The average Bonchev–Trinajstić information content (AvgIpc) is 3.49. The molecule has 3 aromatic rings. The number of thiazole rings is 1. The van der Waals surface area contributed by atoms with Crippen molar-refractivity contribution in [3.05, 3.63) is 86.2 Å². The summed E-state index contributed by atoms with van der Waals surface area (Å²) in [6.07, 6.45) is 3.64. The van der Waals surface area contributed by atoms with Crippen LogP contribution >= 0.6 is 11.3 Å². The molecule has 4 N–H and O–H groups in total. The van der Waals surface area contributed by atoms with Crippen molar-refractivity contribution in [2.75, 3.05) is 6.54 Å². The summed E-state index contributed by atoms with van der Waals surface area (Å²) in [5, 5.41) is 13.7. The molecule has 11 nitrogen and oxygen atoms in total. The SMILES string of the molecule is CC[C@H]1NC(=O)[C@@H](NC(=O)c2ccn(CC)c(=O)c2)CCCCNC(=O)c2csc(n2)[C@H](Cc2ccccc2)NC1=O. The molecular weight excluding hydrogens is 556 g/mol. The molecule has 3 heterocycles. The Bertz CT molecular complexity index is 1470. The lowest BCUT2D eigenvalue weighted by Crippen LogP contribution is -2.54. The number of benzene rings is 1. The molecule has 0 saturated heterocycles. The number of carbonyl (C=O) groups excluding carboxylic acids is 4. The molecule has 4 amide bonds. The van der Waals surface area contributed by atoms with Gasteiger partial charge in [0, 0.05) is 36.3 Å². The van der Waals surface area contributed by atoms with Gasteiger partial charge in [-0.2, -0.15) is 0 Å². The first-order chi connectivity index (χ1) is 20.3. The first-order valence-electron chi connectivity index (χ1n) is 14.2. The molecule has 0 fully saturated rings. The molecule has 0 aliphatic carbocycles. The average molecular weight is 593 g/mol. The number of rotatable bonds is 6. The minimum atomic E-state index is -0.949. The van der Waals surface area contributed by atoms with Crippen LogP contribution in [-0.4, -0.2) is 51.8 Å². The molecule has 1 aliphatic heterocycles. The van der Waals surface area contributed by atoms with E-state index in [0.29, 0.717) is 43.8 Å². The van der Waals surface area contributed by atoms with Gasteiger partial charge in [-0.3, -0.25) is 24.0 Å². The van der Waals surface area contributed by atoms with E-state index in [1.54, 1.807) is 12.3 Å². The van der Waals surface area contributed by atoms with E-state index in [4.69, 9.17) is 0 Å². The summed E-state index contributed by atoms with van der Waals surface area (Å²) in [5.74, 6) is -1.77. The zero-order chi connectivity index (χ0) is 30.1. The van der Waals surface area contributed by atoms with Crippen molar-refractivity contribution in [2.24, 2.45) is 0 Å². The van der Waals surface area contributed by atoms with E-state index in [-0.39, 0.29) is 29.1 Å². The molecule has 1 aliphatic rings. The van der Waals surface area contributed by atoms with E-state index >= 15 is 0 Å². The Hall–Kier alpha value is -4.32. The molecule has 0 saturated carbocycles. The maximum atomic E-state index is 13.5. The topological polar surface area (TPSA) is 151 Å². The highest BCUT2D eigenvalue weighted by molar-refractivity contribution is 7.09. The van der Waals surface area contributed by atoms with Gasteiger partial charge in [0.05, 0.1) is 6.04 Å². The van der Waals surface area contributed by atoms with Crippen LogP contribution < -0.4 is 26.8 Å². The summed E-state index contributed by atoms with van der Waals surface area (Å²) in [6, 6.07) is 10.1. The highest BCUT2D eigenvalue weighted by Gasteiger charge is 2.29. The van der Waals surface area contributed by atoms with Crippen LogP contribution in [0.15, 0.2) is 58.8 Å². The fourth-order valence-electron chi connectivity index (χ4n) is 4.69. The van der Waals surface area contributed by atoms with E-state index in [9.17, 15) is 24.0 Å². The van der Waals surface area contributed by atoms with Gasteiger partial charge >= 0.3 is 0 Å². The number of fused-ring (bicyclic) bond motifs is 2. The third-order valence-electron chi connectivity index (χ3n) is 7.12. The molecule has 222 valence electrons. The molecule has 0 unspecified atom stereocenters. The van der Waals surface area contributed by atoms with E-state index < -0.39 is 35.8 Å². The second-order valence-electron chi connectivity index (χ2n) is 10.1. The van der Waals surface area contributed by atoms with Crippen molar-refractivity contribution < 1.29 is 19.2 Å². The fraction of sp³-hybridized carbons (Fsp3) is 0.400. The number of nitrogens with one attached hydrogen (secondary N) is 4. The van der Waals surface area contributed by atoms with Crippen LogP contribution in [0.3, 0.4) is 0 Å². The van der Waals surface area contributed by atoms with Crippen LogP contribution in [0.1, 0.15) is 77.0 Å². The normalized spacial score (nSPS) is 20.2. The Balaban J connectivity index is 1.56. The van der Waals surface area contributed by atoms with Gasteiger partial charge in [-0.15, -0.1) is 11.3 Å². The molecule has 4 rings (SSSR count). The Morgan fingerprint density at radius 2 is 1.79 bits per heavy atom. The van der Waals surface area contributed by atoms with Crippen LogP contribution in [0.5, 0.6) is 0 Å². The maximum Gasteiger partial charge on any atom is 0.270 e. The van der Waals surface area contributed by atoms with Crippen LogP contribution in [0, 0.1) is 0 Å². The van der Waals surface area contributed by atoms with Crippen LogP contribution in [0.25, 0.3) is 0 Å². The Morgan fingerprint density at radius 1 is 1.02 bits per heavy atom. The number of pyridine rings is 1. The second kappa shape index (κ2) is 14.5. The number of amides is 4. The van der Waals surface area contributed by atoms with Gasteiger partial charge in [-0.05, 0) is 50.7 Å². The summed E-state index contributed by atoms with van der Waals surface area (Å²) in [4.78, 5) is 69.4. The lowest BCUT2D eigenvalue weighted by atomic mass is 10.0. The fourth-order valence-corrected chi connectivity index (χ4v) is 5.54. The molecule has 12 heteroatoms. The number of hydrogen-bond acceptors (Lipinski definition) is 7. The lowest BCUT2D eigenvalue weighted by molar-refractivity contribution is -0.130. The van der Waals surface area contributed by atoms with E-state index in [2.05, 4.69) is 26.3 Å². The molecular formula is C30H36N6O5S. The van der Waals surface area contributed by atoms with Gasteiger partial charge in [0.25, 0.3) is 17.4 Å². The molecule has 3 atom stereocenters. The molecule has 1 aromatic carbocycles. The third-order valence-corrected chi connectivity index (χ3v) is 8.08. The monoisotopic (exact) mass is 592 g/mol. The van der Waals surface area contributed by atoms with Crippen LogP contribution in [-0.2, 0) is 22.6 Å². The van der Waals surface area contributed by atoms with Gasteiger partial charge < -0.3 is 25.8 Å². The van der Waals surface area contributed by atoms with Crippen LogP contribution in [0.2, 0.25) is 0 Å². The van der Waals surface area contributed by atoms with Gasteiger partial charge in [-0.25, -0.2) is 4.98 Å². The summed E-state index contributed by atoms with van der Waals surface area (Å²) >= 11 is 1.30. The number of aromatic nitrogens is 2. The summed E-state index contributed by atoms with van der Waals surface area (Å²) < 4.78 is 1.46. The van der Waals surface area contributed by atoms with Crippen molar-refractivity contribution >= 4 is 35.0 Å². The first kappa shape index (κ1) is 30.6. The van der Waals surface area contributed by atoms with Crippen molar-refractivity contribution in [1.82, 2.24) is 30.8 Å². The second-order valence-corrected chi connectivity index (χ2v) is 11.0. The van der Waals surface area contributed by atoms with Crippen molar-refractivity contribution in [3.8, 4) is 0 Å². The van der Waals surface area contributed by atoms with E-state index in [0.717, 1.165) is 5.56 Å². The highest BCUT2D eigenvalue weighted by Crippen LogP contribution is 2.23. The van der Waals surface area contributed by atoms with Crippen molar-refractivity contribution in [2.45, 2.75) is 70.6 Å². The Kier molecular flexibility index (Phi) is 10.6. The Morgan fingerprint density at radius 3 is 2.50 bits per heavy atom.